The second-order valence-corrected chi connectivity index (χ2v) is 6.28. The van der Waals surface area contributed by atoms with Crippen LogP contribution in [-0.2, 0) is 13.0 Å². The second-order valence-electron chi connectivity index (χ2n) is 4.16. The highest BCUT2D eigenvalue weighted by Crippen LogP contribution is 2.19. The molecule has 0 saturated heterocycles. The van der Waals surface area contributed by atoms with Crippen LogP contribution < -0.4 is 5.32 Å². The van der Waals surface area contributed by atoms with Crippen molar-refractivity contribution in [3.8, 4) is 0 Å². The van der Waals surface area contributed by atoms with Crippen molar-refractivity contribution in [3.63, 3.8) is 0 Å². The number of anilines is 1. The summed E-state index contributed by atoms with van der Waals surface area (Å²) in [5, 5.41) is 13.4. The van der Waals surface area contributed by atoms with E-state index in [2.05, 4.69) is 52.0 Å². The van der Waals surface area contributed by atoms with Crippen molar-refractivity contribution in [3.05, 3.63) is 26.7 Å². The Morgan fingerprint density at radius 2 is 2.24 bits per heavy atom. The molecule has 2 aromatic rings. The van der Waals surface area contributed by atoms with Gasteiger partial charge in [-0.25, -0.2) is 0 Å². The summed E-state index contributed by atoms with van der Waals surface area (Å²) in [6, 6.07) is 3.91. The molecule has 0 atom stereocenters. The third kappa shape index (κ3) is 3.95. The van der Waals surface area contributed by atoms with Crippen LogP contribution in [0.15, 0.2) is 16.5 Å². The number of furan rings is 1. The smallest absolute Gasteiger partial charge is 0.206 e. The van der Waals surface area contributed by atoms with Crippen molar-refractivity contribution in [2.45, 2.75) is 26.8 Å². The second kappa shape index (κ2) is 5.81. The summed E-state index contributed by atoms with van der Waals surface area (Å²) in [5.74, 6) is 1.53. The highest BCUT2D eigenvalue weighted by molar-refractivity contribution is 14.1. The third-order valence-corrected chi connectivity index (χ3v) is 3.58. The van der Waals surface area contributed by atoms with E-state index in [9.17, 15) is 0 Å². The van der Waals surface area contributed by atoms with Crippen LogP contribution in [0, 0.1) is 9.68 Å². The summed E-state index contributed by atoms with van der Waals surface area (Å²) in [4.78, 5) is 0. The van der Waals surface area contributed by atoms with Gasteiger partial charge in [0.05, 0.1) is 6.54 Å². The molecule has 0 saturated carbocycles. The molecule has 2 rings (SSSR count). The standard InChI is InChI=1S/C11H14IN3OS/c1-7(2)5-10-14-15-11(17-10)13-6-8-3-4-9(12)16-8/h3-4,7H,5-6H2,1-2H3,(H,13,15). The molecule has 6 heteroatoms. The highest BCUT2D eigenvalue weighted by Gasteiger charge is 2.06. The molecule has 0 radical (unpaired) electrons. The van der Waals surface area contributed by atoms with Gasteiger partial charge in [0.1, 0.15) is 10.8 Å². The molecule has 0 aliphatic rings. The van der Waals surface area contributed by atoms with Crippen LogP contribution in [0.1, 0.15) is 24.6 Å². The monoisotopic (exact) mass is 363 g/mol. The zero-order valence-electron chi connectivity index (χ0n) is 9.74. The highest BCUT2D eigenvalue weighted by atomic mass is 127. The first-order valence-electron chi connectivity index (χ1n) is 5.44. The summed E-state index contributed by atoms with van der Waals surface area (Å²) >= 11 is 3.76. The zero-order valence-corrected chi connectivity index (χ0v) is 12.7. The molecule has 0 aliphatic carbocycles. The molecule has 0 aromatic carbocycles. The molecular weight excluding hydrogens is 349 g/mol. The van der Waals surface area contributed by atoms with E-state index in [-0.39, 0.29) is 0 Å². The average Bonchev–Trinajstić information content (AvgIpc) is 2.84. The van der Waals surface area contributed by atoms with Crippen LogP contribution in [0.3, 0.4) is 0 Å². The van der Waals surface area contributed by atoms with E-state index in [4.69, 9.17) is 4.42 Å². The number of hydrogen-bond donors (Lipinski definition) is 1. The molecular formula is C11H14IN3OS. The van der Waals surface area contributed by atoms with E-state index in [0.717, 1.165) is 26.1 Å². The third-order valence-electron chi connectivity index (χ3n) is 2.09. The lowest BCUT2D eigenvalue weighted by Crippen LogP contribution is -1.97. The summed E-state index contributed by atoms with van der Waals surface area (Å²) in [6.45, 7) is 5.01. The van der Waals surface area contributed by atoms with Gasteiger partial charge in [0.25, 0.3) is 0 Å². The normalized spacial score (nSPS) is 11.1. The largest absolute Gasteiger partial charge is 0.454 e. The van der Waals surface area contributed by atoms with Crippen LogP contribution in [0.4, 0.5) is 5.13 Å². The molecule has 2 aromatic heterocycles. The molecule has 0 spiro atoms. The minimum atomic E-state index is 0.613. The molecule has 0 amide bonds. The number of nitrogens with one attached hydrogen (secondary N) is 1. The fraction of sp³-hybridized carbons (Fsp3) is 0.455. The summed E-state index contributed by atoms with van der Waals surface area (Å²) < 4.78 is 6.36. The molecule has 0 aliphatic heterocycles. The van der Waals surface area contributed by atoms with E-state index in [1.165, 1.54) is 0 Å². The van der Waals surface area contributed by atoms with Crippen molar-refractivity contribution in [2.75, 3.05) is 5.32 Å². The van der Waals surface area contributed by atoms with Crippen LogP contribution in [0.5, 0.6) is 0 Å². The minimum absolute atomic E-state index is 0.613. The van der Waals surface area contributed by atoms with E-state index in [1.54, 1.807) is 11.3 Å². The Morgan fingerprint density at radius 3 is 2.88 bits per heavy atom. The van der Waals surface area contributed by atoms with Gasteiger partial charge in [0, 0.05) is 6.42 Å². The number of hydrogen-bond acceptors (Lipinski definition) is 5. The molecule has 4 nitrogen and oxygen atoms in total. The maximum absolute atomic E-state index is 5.46. The lowest BCUT2D eigenvalue weighted by Gasteiger charge is -1.98. The Bertz CT molecular complexity index is 481. The number of halogens is 1. The van der Waals surface area contributed by atoms with Crippen molar-refractivity contribution in [1.82, 2.24) is 10.2 Å². The first kappa shape index (κ1) is 12.8. The van der Waals surface area contributed by atoms with Gasteiger partial charge in [0.15, 0.2) is 3.77 Å². The van der Waals surface area contributed by atoms with Gasteiger partial charge in [0.2, 0.25) is 5.13 Å². The maximum Gasteiger partial charge on any atom is 0.206 e. The van der Waals surface area contributed by atoms with Crippen LogP contribution in [0.2, 0.25) is 0 Å². The van der Waals surface area contributed by atoms with Gasteiger partial charge < -0.3 is 9.73 Å². The molecule has 0 unspecified atom stereocenters. The molecule has 0 bridgehead atoms. The van der Waals surface area contributed by atoms with Gasteiger partial charge in [-0.1, -0.05) is 25.2 Å². The summed E-state index contributed by atoms with van der Waals surface area (Å²) in [5.41, 5.74) is 0. The summed E-state index contributed by atoms with van der Waals surface area (Å²) in [6.07, 6.45) is 0.984. The van der Waals surface area contributed by atoms with Gasteiger partial charge in [-0.05, 0) is 40.6 Å². The molecule has 17 heavy (non-hydrogen) atoms. The molecule has 92 valence electrons. The first-order valence-corrected chi connectivity index (χ1v) is 7.33. The Balaban J connectivity index is 1.89. The molecule has 0 fully saturated rings. The Morgan fingerprint density at radius 1 is 1.41 bits per heavy atom. The van der Waals surface area contributed by atoms with E-state index in [1.807, 2.05) is 12.1 Å². The fourth-order valence-electron chi connectivity index (χ4n) is 1.37. The topological polar surface area (TPSA) is 51.0 Å². The van der Waals surface area contributed by atoms with Gasteiger partial charge >= 0.3 is 0 Å². The SMILES string of the molecule is CC(C)Cc1nnc(NCc2ccc(I)o2)s1. The van der Waals surface area contributed by atoms with Crippen molar-refractivity contribution >= 4 is 39.1 Å². The Kier molecular flexibility index (Phi) is 4.38. The van der Waals surface area contributed by atoms with E-state index in [0.29, 0.717) is 12.5 Å². The lowest BCUT2D eigenvalue weighted by molar-refractivity contribution is 0.492. The predicted molar refractivity (Wildman–Crippen MR) is 77.2 cm³/mol. The quantitative estimate of drug-likeness (QED) is 0.826. The Hall–Kier alpha value is -0.630. The zero-order chi connectivity index (χ0) is 12.3. The van der Waals surface area contributed by atoms with Gasteiger partial charge in [-0.2, -0.15) is 0 Å². The molecule has 2 heterocycles. The first-order chi connectivity index (χ1) is 8.13. The average molecular weight is 363 g/mol. The fourth-order valence-corrected chi connectivity index (χ4v) is 2.78. The van der Waals surface area contributed by atoms with Crippen LogP contribution in [0.25, 0.3) is 0 Å². The number of aromatic nitrogens is 2. The number of rotatable bonds is 5. The lowest BCUT2D eigenvalue weighted by atomic mass is 10.1. The Labute approximate surface area is 118 Å². The van der Waals surface area contributed by atoms with Crippen molar-refractivity contribution in [2.24, 2.45) is 5.92 Å². The summed E-state index contributed by atoms with van der Waals surface area (Å²) in [7, 11) is 0. The predicted octanol–water partition coefficient (Wildman–Crippen LogP) is 3.55. The van der Waals surface area contributed by atoms with Gasteiger partial charge in [-0.3, -0.25) is 0 Å². The molecule has 1 N–H and O–H groups in total. The maximum atomic E-state index is 5.46. The van der Waals surface area contributed by atoms with E-state index < -0.39 is 0 Å². The minimum Gasteiger partial charge on any atom is -0.454 e. The van der Waals surface area contributed by atoms with Crippen molar-refractivity contribution in [1.29, 1.82) is 0 Å². The van der Waals surface area contributed by atoms with Crippen molar-refractivity contribution < 1.29 is 4.42 Å². The van der Waals surface area contributed by atoms with E-state index >= 15 is 0 Å². The van der Waals surface area contributed by atoms with Gasteiger partial charge in [-0.15, -0.1) is 10.2 Å². The number of nitrogens with zero attached hydrogens (tertiary/aromatic N) is 2. The van der Waals surface area contributed by atoms with Crippen LogP contribution in [-0.4, -0.2) is 10.2 Å². The van der Waals surface area contributed by atoms with Crippen LogP contribution >= 0.6 is 33.9 Å².